The molecule has 6 heteroatoms. The molecule has 0 aliphatic carbocycles. The minimum absolute atomic E-state index is 0.0254. The summed E-state index contributed by atoms with van der Waals surface area (Å²) in [7, 11) is 0. The Bertz CT molecular complexity index is 2310. The molecule has 6 nitrogen and oxygen atoms in total. The summed E-state index contributed by atoms with van der Waals surface area (Å²) < 4.78 is 14.2. The molecule has 3 N–H and O–H groups in total. The van der Waals surface area contributed by atoms with Crippen molar-refractivity contribution in [2.45, 2.75) is 6.04 Å². The van der Waals surface area contributed by atoms with Crippen LogP contribution in [0.4, 0.5) is 0 Å². The van der Waals surface area contributed by atoms with E-state index in [1.54, 1.807) is 0 Å². The SMILES string of the molecule is C1=CCNC(c2ccc3c(c2)Oc2cc(-c4ccccn4)ccc2-c2ccc(C4C=CC=CN4)cc2Oc2cc(C4=CC=CCN4)ccc2-3)=C1. The van der Waals surface area contributed by atoms with Crippen molar-refractivity contribution in [2.75, 3.05) is 13.1 Å². The van der Waals surface area contributed by atoms with Gasteiger partial charge in [0.1, 0.15) is 23.0 Å². The average Bonchev–Trinajstić information content (AvgIpc) is 3.19. The van der Waals surface area contributed by atoms with Gasteiger partial charge in [-0.1, -0.05) is 72.9 Å². The molecule has 0 amide bonds. The van der Waals surface area contributed by atoms with Crippen molar-refractivity contribution in [3.8, 4) is 56.5 Å². The van der Waals surface area contributed by atoms with Gasteiger partial charge in [0, 0.05) is 69.6 Å². The van der Waals surface area contributed by atoms with Crippen LogP contribution >= 0.6 is 0 Å². The smallest absolute Gasteiger partial charge is 0.136 e. The van der Waals surface area contributed by atoms with Crippen molar-refractivity contribution in [3.05, 3.63) is 175 Å². The Balaban J connectivity index is 1.27. The summed E-state index contributed by atoms with van der Waals surface area (Å²) in [6.07, 6.45) is 22.6. The van der Waals surface area contributed by atoms with Gasteiger partial charge in [0.15, 0.2) is 0 Å². The molecule has 1 atom stereocenters. The lowest BCUT2D eigenvalue weighted by molar-refractivity contribution is 0.471. The lowest BCUT2D eigenvalue weighted by atomic mass is 9.95. The molecule has 1 unspecified atom stereocenters. The molecule has 242 valence electrons. The van der Waals surface area contributed by atoms with E-state index in [9.17, 15) is 0 Å². The fraction of sp³-hybridized carbons (Fsp3) is 0.0682. The van der Waals surface area contributed by atoms with E-state index in [-0.39, 0.29) is 6.04 Å². The molecule has 0 saturated heterocycles. The number of benzene rings is 4. The summed E-state index contributed by atoms with van der Waals surface area (Å²) in [5.74, 6) is 2.94. The third kappa shape index (κ3) is 5.67. The lowest BCUT2D eigenvalue weighted by Crippen LogP contribution is -2.15. The number of hydrogen-bond donors (Lipinski definition) is 3. The summed E-state index contributed by atoms with van der Waals surface area (Å²) in [6.45, 7) is 1.56. The van der Waals surface area contributed by atoms with E-state index in [1.807, 2.05) is 36.7 Å². The second-order valence-corrected chi connectivity index (χ2v) is 12.5. The highest BCUT2D eigenvalue weighted by Gasteiger charge is 2.24. The van der Waals surface area contributed by atoms with Gasteiger partial charge in [-0.3, -0.25) is 4.98 Å². The third-order valence-corrected chi connectivity index (χ3v) is 9.32. The molecule has 0 spiro atoms. The summed E-state index contributed by atoms with van der Waals surface area (Å²) in [5, 5.41) is 10.5. The second kappa shape index (κ2) is 12.8. The van der Waals surface area contributed by atoms with Gasteiger partial charge in [0.2, 0.25) is 0 Å². The van der Waals surface area contributed by atoms with E-state index in [0.717, 1.165) is 97.7 Å². The first-order valence-corrected chi connectivity index (χ1v) is 16.9. The number of nitrogens with zero attached hydrogens (tertiary/aromatic N) is 1. The minimum atomic E-state index is 0.0254. The van der Waals surface area contributed by atoms with Crippen molar-refractivity contribution in [1.82, 2.24) is 20.9 Å². The van der Waals surface area contributed by atoms with Crippen LogP contribution in [0, 0.1) is 0 Å². The van der Waals surface area contributed by atoms with Gasteiger partial charge in [-0.2, -0.15) is 0 Å². The van der Waals surface area contributed by atoms with E-state index in [4.69, 9.17) is 9.47 Å². The molecule has 4 aromatic carbocycles. The normalized spacial score (nSPS) is 16.8. The molecular weight excluding hydrogens is 617 g/mol. The monoisotopic (exact) mass is 650 g/mol. The van der Waals surface area contributed by atoms with Crippen molar-refractivity contribution < 1.29 is 9.47 Å². The number of fused-ring (bicyclic) bond motifs is 6. The van der Waals surface area contributed by atoms with Gasteiger partial charge in [0.25, 0.3) is 0 Å². The summed E-state index contributed by atoms with van der Waals surface area (Å²) in [5.41, 5.74) is 10.9. The lowest BCUT2D eigenvalue weighted by Gasteiger charge is -2.25. The number of dihydropyridines is 3. The molecule has 0 saturated carbocycles. The Labute approximate surface area is 291 Å². The Hall–Kier alpha value is -6.53. The number of rotatable bonds is 4. The topological polar surface area (TPSA) is 67.4 Å². The molecule has 1 aromatic heterocycles. The Morgan fingerprint density at radius 1 is 0.560 bits per heavy atom. The molecule has 4 aliphatic rings. The number of allylic oxidation sites excluding steroid dienone is 6. The maximum Gasteiger partial charge on any atom is 0.136 e. The van der Waals surface area contributed by atoms with E-state index in [0.29, 0.717) is 0 Å². The average molecular weight is 651 g/mol. The Kier molecular flexibility index (Phi) is 7.59. The van der Waals surface area contributed by atoms with Crippen LogP contribution in [0.5, 0.6) is 23.0 Å². The fourth-order valence-electron chi connectivity index (χ4n) is 6.76. The zero-order valence-corrected chi connectivity index (χ0v) is 27.3. The highest BCUT2D eigenvalue weighted by atomic mass is 16.5. The quantitative estimate of drug-likeness (QED) is 0.177. The van der Waals surface area contributed by atoms with Crippen LogP contribution in [-0.4, -0.2) is 18.1 Å². The Morgan fingerprint density at radius 3 is 1.68 bits per heavy atom. The predicted molar refractivity (Wildman–Crippen MR) is 202 cm³/mol. The van der Waals surface area contributed by atoms with Crippen LogP contribution in [-0.2, 0) is 0 Å². The highest BCUT2D eigenvalue weighted by Crippen LogP contribution is 2.49. The van der Waals surface area contributed by atoms with Gasteiger partial charge >= 0.3 is 0 Å². The molecular formula is C44H34N4O2. The van der Waals surface area contributed by atoms with Gasteiger partial charge in [0.05, 0.1) is 11.7 Å². The molecule has 0 fully saturated rings. The van der Waals surface area contributed by atoms with Crippen LogP contribution < -0.4 is 25.4 Å². The molecule has 0 bridgehead atoms. The molecule has 9 rings (SSSR count). The maximum atomic E-state index is 7.11. The first-order valence-electron chi connectivity index (χ1n) is 16.9. The molecule has 5 aromatic rings. The van der Waals surface area contributed by atoms with E-state index < -0.39 is 0 Å². The molecule has 5 heterocycles. The second-order valence-electron chi connectivity index (χ2n) is 12.5. The van der Waals surface area contributed by atoms with Crippen LogP contribution in [0.3, 0.4) is 0 Å². The number of pyridine rings is 1. The van der Waals surface area contributed by atoms with Crippen LogP contribution in [0.2, 0.25) is 0 Å². The summed E-state index contributed by atoms with van der Waals surface area (Å²) in [4.78, 5) is 4.64. The van der Waals surface area contributed by atoms with Crippen molar-refractivity contribution in [3.63, 3.8) is 0 Å². The van der Waals surface area contributed by atoms with Crippen molar-refractivity contribution in [2.24, 2.45) is 0 Å². The third-order valence-electron chi connectivity index (χ3n) is 9.32. The van der Waals surface area contributed by atoms with Gasteiger partial charge in [-0.05, 0) is 84.6 Å². The Morgan fingerprint density at radius 2 is 1.14 bits per heavy atom. The number of nitrogens with one attached hydrogen (secondary N) is 3. The summed E-state index contributed by atoms with van der Waals surface area (Å²) >= 11 is 0. The van der Waals surface area contributed by atoms with E-state index in [2.05, 4.69) is 142 Å². The van der Waals surface area contributed by atoms with E-state index >= 15 is 0 Å². The van der Waals surface area contributed by atoms with Gasteiger partial charge < -0.3 is 25.4 Å². The number of ether oxygens (including phenoxy) is 2. The number of aromatic nitrogens is 1. The zero-order chi connectivity index (χ0) is 33.3. The van der Waals surface area contributed by atoms with Crippen LogP contribution in [0.15, 0.2) is 158 Å². The number of hydrogen-bond acceptors (Lipinski definition) is 6. The van der Waals surface area contributed by atoms with Crippen LogP contribution in [0.25, 0.3) is 44.9 Å². The fourth-order valence-corrected chi connectivity index (χ4v) is 6.76. The van der Waals surface area contributed by atoms with Crippen molar-refractivity contribution >= 4 is 11.4 Å². The first kappa shape index (κ1) is 29.6. The van der Waals surface area contributed by atoms with Crippen LogP contribution in [0.1, 0.15) is 22.7 Å². The molecule has 50 heavy (non-hydrogen) atoms. The molecule has 0 radical (unpaired) electrons. The maximum absolute atomic E-state index is 7.11. The predicted octanol–water partition coefficient (Wildman–Crippen LogP) is 9.70. The van der Waals surface area contributed by atoms with E-state index in [1.165, 1.54) is 0 Å². The zero-order valence-electron chi connectivity index (χ0n) is 27.3. The standard InChI is InChI=1S/C44H34N4O2/c1-5-21-45-37(9-1)29-13-17-33-34-18-14-31(39-11-3-7-23-47-39)27-43(34)50-44-28-32(40-12-4-8-24-48-40)16-20-36(44)35-19-15-30(38-10-2-6-22-46-38)26-42(35)49-41(33)25-29/h1-21,23,25-28,37,45-46,48H,22,24H2. The largest absolute Gasteiger partial charge is 0.456 e. The highest BCUT2D eigenvalue weighted by molar-refractivity contribution is 5.86. The molecule has 4 aliphatic heterocycles. The van der Waals surface area contributed by atoms with Gasteiger partial charge in [-0.25, -0.2) is 0 Å². The van der Waals surface area contributed by atoms with Crippen molar-refractivity contribution in [1.29, 1.82) is 0 Å². The first-order chi connectivity index (χ1) is 24.8. The minimum Gasteiger partial charge on any atom is -0.456 e. The summed E-state index contributed by atoms with van der Waals surface area (Å²) in [6, 6.07) is 31.5. The van der Waals surface area contributed by atoms with Gasteiger partial charge in [-0.15, -0.1) is 0 Å².